The summed E-state index contributed by atoms with van der Waals surface area (Å²) in [5.74, 6) is 2.41. The van der Waals surface area contributed by atoms with Gasteiger partial charge in [-0.15, -0.1) is 0 Å². The van der Waals surface area contributed by atoms with E-state index in [1.165, 1.54) is 17.6 Å². The van der Waals surface area contributed by atoms with Gasteiger partial charge < -0.3 is 18.9 Å². The van der Waals surface area contributed by atoms with Crippen molar-refractivity contribution in [2.24, 2.45) is 24.8 Å². The van der Waals surface area contributed by atoms with Gasteiger partial charge in [0.05, 0.1) is 18.5 Å². The summed E-state index contributed by atoms with van der Waals surface area (Å²) in [6.07, 6.45) is 8.40. The van der Waals surface area contributed by atoms with E-state index in [2.05, 4.69) is 66.0 Å². The first-order valence-corrected chi connectivity index (χ1v) is 14.5. The zero-order chi connectivity index (χ0) is 27.6. The number of allylic oxidation sites excluding steroid dienone is 1. The van der Waals surface area contributed by atoms with E-state index in [9.17, 15) is 4.79 Å². The Labute approximate surface area is 233 Å². The fourth-order valence-corrected chi connectivity index (χ4v) is 6.53. The molecular formula is C33H43N3O3. The highest BCUT2D eigenvalue weighted by molar-refractivity contribution is 5.82. The highest BCUT2D eigenvalue weighted by atomic mass is 16.6. The lowest BCUT2D eigenvalue weighted by Gasteiger charge is -2.50. The maximum atomic E-state index is 12.9. The van der Waals surface area contributed by atoms with Crippen LogP contribution in [-0.2, 0) is 23.0 Å². The van der Waals surface area contributed by atoms with Crippen molar-refractivity contribution in [3.63, 3.8) is 0 Å². The van der Waals surface area contributed by atoms with Crippen LogP contribution in [0.2, 0.25) is 0 Å². The molecule has 3 aliphatic rings. The number of carbonyl (C=O) groups excluding carboxylic acids is 1. The lowest BCUT2D eigenvalue weighted by Crippen LogP contribution is -2.51. The number of nitrogens with zero attached hydrogens (tertiary/aromatic N) is 3. The van der Waals surface area contributed by atoms with Crippen LogP contribution in [0.3, 0.4) is 0 Å². The van der Waals surface area contributed by atoms with Gasteiger partial charge in [0.1, 0.15) is 22.7 Å². The molecule has 6 rings (SSSR count). The van der Waals surface area contributed by atoms with Crippen molar-refractivity contribution in [2.45, 2.75) is 58.0 Å². The first kappa shape index (κ1) is 27.4. The number of methoxy groups -OCH3 is 1. The summed E-state index contributed by atoms with van der Waals surface area (Å²) in [4.78, 5) is 20.2. The standard InChI is InChI=1S/C33H43N3O3/c1-23(2)32(37)39-33(22-25-16-17-26(33)21-27(25)24-11-7-6-8-12-24)18-20-35(3)19-10-15-30-34-31-28(36(30)4)13-9-14-29(31)38-5/h6-9,11-14,21,23,25-26H,10,15-20,22H2,1-5H3/t25-,26-,33+/m1/s1. The van der Waals surface area contributed by atoms with Gasteiger partial charge in [-0.1, -0.05) is 56.3 Å². The van der Waals surface area contributed by atoms with Crippen molar-refractivity contribution in [1.82, 2.24) is 14.5 Å². The molecule has 6 heteroatoms. The number of rotatable bonds is 11. The van der Waals surface area contributed by atoms with Gasteiger partial charge in [0.2, 0.25) is 0 Å². The van der Waals surface area contributed by atoms with Crippen molar-refractivity contribution in [3.8, 4) is 5.75 Å². The predicted molar refractivity (Wildman–Crippen MR) is 157 cm³/mol. The first-order valence-electron chi connectivity index (χ1n) is 14.5. The van der Waals surface area contributed by atoms with Gasteiger partial charge >= 0.3 is 5.97 Å². The lowest BCUT2D eigenvalue weighted by molar-refractivity contribution is -0.176. The molecule has 1 saturated carbocycles. The minimum Gasteiger partial charge on any atom is -0.494 e. The molecule has 0 spiro atoms. The molecule has 0 radical (unpaired) electrons. The Morgan fingerprint density at radius 2 is 1.92 bits per heavy atom. The van der Waals surface area contributed by atoms with Crippen LogP contribution in [0.15, 0.2) is 54.6 Å². The topological polar surface area (TPSA) is 56.6 Å². The van der Waals surface area contributed by atoms with Crippen LogP contribution >= 0.6 is 0 Å². The molecule has 0 amide bonds. The van der Waals surface area contributed by atoms with E-state index in [4.69, 9.17) is 14.5 Å². The fourth-order valence-electron chi connectivity index (χ4n) is 6.53. The fraction of sp³-hybridized carbons (Fsp3) is 0.515. The number of hydrogen-bond donors (Lipinski definition) is 0. The molecule has 39 heavy (non-hydrogen) atoms. The molecule has 208 valence electrons. The number of fused-ring (bicyclic) bond motifs is 3. The van der Waals surface area contributed by atoms with E-state index in [0.717, 1.165) is 67.8 Å². The summed E-state index contributed by atoms with van der Waals surface area (Å²) in [6.45, 7) is 5.74. The molecule has 1 heterocycles. The van der Waals surface area contributed by atoms with Crippen LogP contribution in [-0.4, -0.2) is 53.3 Å². The second kappa shape index (κ2) is 11.5. The number of carbonyl (C=O) groups is 1. The number of hydrogen-bond acceptors (Lipinski definition) is 5. The van der Waals surface area contributed by atoms with Gasteiger partial charge in [-0.25, -0.2) is 4.98 Å². The quantitative estimate of drug-likeness (QED) is 0.273. The van der Waals surface area contributed by atoms with Crippen LogP contribution < -0.4 is 4.74 Å². The second-order valence-electron chi connectivity index (χ2n) is 11.8. The maximum Gasteiger partial charge on any atom is 0.308 e. The highest BCUT2D eigenvalue weighted by Crippen LogP contribution is 2.53. The van der Waals surface area contributed by atoms with Crippen molar-refractivity contribution in [3.05, 3.63) is 66.0 Å². The van der Waals surface area contributed by atoms with E-state index in [-0.39, 0.29) is 17.8 Å². The summed E-state index contributed by atoms with van der Waals surface area (Å²) in [7, 11) is 5.96. The Hall–Kier alpha value is -3.12. The van der Waals surface area contributed by atoms with Crippen LogP contribution in [0.25, 0.3) is 16.6 Å². The number of imidazole rings is 1. The average Bonchev–Trinajstić information content (AvgIpc) is 3.28. The zero-order valence-corrected chi connectivity index (χ0v) is 24.2. The number of benzene rings is 2. The predicted octanol–water partition coefficient (Wildman–Crippen LogP) is 6.29. The number of para-hydroxylation sites is 1. The summed E-state index contributed by atoms with van der Waals surface area (Å²) in [6, 6.07) is 16.8. The molecule has 3 atom stereocenters. The summed E-state index contributed by atoms with van der Waals surface area (Å²) >= 11 is 0. The van der Waals surface area contributed by atoms with Gasteiger partial charge in [0.25, 0.3) is 0 Å². The van der Waals surface area contributed by atoms with Crippen LogP contribution in [0, 0.1) is 17.8 Å². The highest BCUT2D eigenvalue weighted by Gasteiger charge is 2.50. The molecule has 6 nitrogen and oxygen atoms in total. The number of esters is 1. The van der Waals surface area contributed by atoms with Crippen LogP contribution in [0.4, 0.5) is 0 Å². The van der Waals surface area contributed by atoms with Gasteiger partial charge in [0.15, 0.2) is 0 Å². The van der Waals surface area contributed by atoms with Crippen LogP contribution in [0.5, 0.6) is 5.75 Å². The van der Waals surface area contributed by atoms with Gasteiger partial charge in [-0.3, -0.25) is 4.79 Å². The molecule has 1 aromatic heterocycles. The van der Waals surface area contributed by atoms with Gasteiger partial charge in [0, 0.05) is 32.4 Å². The Balaban J connectivity index is 1.24. The molecule has 2 aromatic carbocycles. The zero-order valence-electron chi connectivity index (χ0n) is 24.2. The van der Waals surface area contributed by atoms with E-state index in [1.54, 1.807) is 7.11 Å². The van der Waals surface area contributed by atoms with E-state index < -0.39 is 5.60 Å². The molecule has 3 aromatic rings. The molecule has 0 unspecified atom stereocenters. The third-order valence-corrected chi connectivity index (χ3v) is 8.84. The summed E-state index contributed by atoms with van der Waals surface area (Å²) in [5.41, 5.74) is 4.37. The first-order chi connectivity index (χ1) is 18.8. The van der Waals surface area contributed by atoms with E-state index >= 15 is 0 Å². The van der Waals surface area contributed by atoms with Gasteiger partial charge in [-0.2, -0.15) is 0 Å². The molecule has 3 aliphatic carbocycles. The monoisotopic (exact) mass is 529 g/mol. The Morgan fingerprint density at radius 3 is 2.62 bits per heavy atom. The van der Waals surface area contributed by atoms with E-state index in [1.807, 2.05) is 26.0 Å². The Bertz CT molecular complexity index is 1330. The van der Waals surface area contributed by atoms with Crippen molar-refractivity contribution in [1.29, 1.82) is 0 Å². The minimum atomic E-state index is -0.412. The van der Waals surface area contributed by atoms with Crippen molar-refractivity contribution in [2.75, 3.05) is 27.2 Å². The Kier molecular flexibility index (Phi) is 8.13. The second-order valence-corrected chi connectivity index (χ2v) is 11.8. The normalized spacial score (nSPS) is 22.5. The summed E-state index contributed by atoms with van der Waals surface area (Å²) in [5, 5.41) is 0. The number of ether oxygens (including phenoxy) is 2. The minimum absolute atomic E-state index is 0.0721. The molecule has 0 aliphatic heterocycles. The molecule has 0 N–H and O–H groups in total. The van der Waals surface area contributed by atoms with Crippen molar-refractivity contribution < 1.29 is 14.3 Å². The average molecular weight is 530 g/mol. The maximum absolute atomic E-state index is 12.9. The molecule has 0 saturated heterocycles. The summed E-state index contributed by atoms with van der Waals surface area (Å²) < 4.78 is 14.1. The number of aromatic nitrogens is 2. The SMILES string of the molecule is COc1cccc2c1nc(CCCN(C)CC[C@]1(OC(=O)C(C)C)C[C@H]3CC[C@@H]1C=C3c1ccccc1)n2C. The van der Waals surface area contributed by atoms with Crippen molar-refractivity contribution >= 4 is 22.6 Å². The third-order valence-electron chi connectivity index (χ3n) is 8.84. The smallest absolute Gasteiger partial charge is 0.308 e. The molecule has 1 fully saturated rings. The van der Waals surface area contributed by atoms with Crippen LogP contribution in [0.1, 0.15) is 57.3 Å². The Morgan fingerprint density at radius 1 is 1.13 bits per heavy atom. The lowest BCUT2D eigenvalue weighted by atomic mass is 9.60. The number of aryl methyl sites for hydroxylation is 2. The molecule has 2 bridgehead atoms. The third kappa shape index (κ3) is 5.62. The van der Waals surface area contributed by atoms with Gasteiger partial charge in [-0.05, 0) is 68.5 Å². The van der Waals surface area contributed by atoms with E-state index in [0.29, 0.717) is 5.92 Å². The molecular weight excluding hydrogens is 486 g/mol. The largest absolute Gasteiger partial charge is 0.494 e.